The second-order valence-electron chi connectivity index (χ2n) is 4.39. The highest BCUT2D eigenvalue weighted by atomic mass is 32.2. The summed E-state index contributed by atoms with van der Waals surface area (Å²) in [5.74, 6) is -0.611. The average molecular weight is 274 g/mol. The molecular formula is C12H19FN2O2S. The summed E-state index contributed by atoms with van der Waals surface area (Å²) < 4.78 is 39.2. The van der Waals surface area contributed by atoms with Gasteiger partial charge in [0.25, 0.3) is 0 Å². The fourth-order valence-corrected chi connectivity index (χ4v) is 3.46. The first-order valence-corrected chi connectivity index (χ1v) is 7.31. The quantitative estimate of drug-likeness (QED) is 0.837. The van der Waals surface area contributed by atoms with Gasteiger partial charge in [0.1, 0.15) is 5.82 Å². The molecule has 0 saturated heterocycles. The Labute approximate surface area is 108 Å². The Balaban J connectivity index is 3.22. The van der Waals surface area contributed by atoms with Crippen molar-refractivity contribution in [1.82, 2.24) is 4.31 Å². The predicted octanol–water partition coefficient (Wildman–Crippen LogP) is 2.22. The zero-order chi connectivity index (χ0) is 13.9. The summed E-state index contributed by atoms with van der Waals surface area (Å²) in [6.07, 6.45) is 0.716. The van der Waals surface area contributed by atoms with Crippen LogP contribution in [0.25, 0.3) is 0 Å². The number of hydrogen-bond acceptors (Lipinski definition) is 3. The molecule has 6 heteroatoms. The molecule has 0 spiro atoms. The van der Waals surface area contributed by atoms with Crippen LogP contribution in [0.4, 0.5) is 10.1 Å². The van der Waals surface area contributed by atoms with Gasteiger partial charge in [-0.1, -0.05) is 6.92 Å². The lowest BCUT2D eigenvalue weighted by molar-refractivity contribution is 0.354. The largest absolute Gasteiger partial charge is 0.396 e. The van der Waals surface area contributed by atoms with Crippen LogP contribution in [-0.4, -0.2) is 25.3 Å². The maximum absolute atomic E-state index is 13.1. The van der Waals surface area contributed by atoms with Gasteiger partial charge in [-0.25, -0.2) is 12.8 Å². The molecular weight excluding hydrogens is 255 g/mol. The maximum atomic E-state index is 13.1. The van der Waals surface area contributed by atoms with Crippen LogP contribution < -0.4 is 5.73 Å². The van der Waals surface area contributed by atoms with Crippen molar-refractivity contribution >= 4 is 15.7 Å². The molecule has 102 valence electrons. The van der Waals surface area contributed by atoms with E-state index in [9.17, 15) is 12.8 Å². The third-order valence-corrected chi connectivity index (χ3v) is 4.67. The van der Waals surface area contributed by atoms with Crippen molar-refractivity contribution in [2.75, 3.05) is 12.3 Å². The van der Waals surface area contributed by atoms with Crippen LogP contribution in [-0.2, 0) is 10.0 Å². The third kappa shape index (κ3) is 3.00. The smallest absolute Gasteiger partial charge is 0.243 e. The van der Waals surface area contributed by atoms with Gasteiger partial charge in [0.05, 0.1) is 10.6 Å². The van der Waals surface area contributed by atoms with Crippen molar-refractivity contribution in [2.45, 2.75) is 38.1 Å². The summed E-state index contributed by atoms with van der Waals surface area (Å²) in [6, 6.07) is 3.33. The van der Waals surface area contributed by atoms with Crippen molar-refractivity contribution in [3.05, 3.63) is 24.0 Å². The normalized spacial score (nSPS) is 12.3. The summed E-state index contributed by atoms with van der Waals surface area (Å²) in [7, 11) is -3.62. The van der Waals surface area contributed by atoms with Crippen molar-refractivity contribution in [1.29, 1.82) is 0 Å². The summed E-state index contributed by atoms with van der Waals surface area (Å²) in [5, 5.41) is 0. The van der Waals surface area contributed by atoms with E-state index in [4.69, 9.17) is 5.73 Å². The lowest BCUT2D eigenvalue weighted by Gasteiger charge is -2.25. The summed E-state index contributed by atoms with van der Waals surface area (Å²) in [5.41, 5.74) is 5.25. The molecule has 0 aliphatic heterocycles. The van der Waals surface area contributed by atoms with Crippen LogP contribution >= 0.6 is 0 Å². The van der Waals surface area contributed by atoms with Gasteiger partial charge in [0.2, 0.25) is 10.0 Å². The SMILES string of the molecule is CCCN(C(C)C)S(=O)(=O)c1ccc(F)c(N)c1. The molecule has 0 radical (unpaired) electrons. The van der Waals surface area contributed by atoms with Gasteiger partial charge in [0, 0.05) is 12.6 Å². The zero-order valence-electron chi connectivity index (χ0n) is 10.9. The number of nitrogens with two attached hydrogens (primary N) is 1. The first kappa shape index (κ1) is 14.9. The fourth-order valence-electron chi connectivity index (χ4n) is 1.69. The van der Waals surface area contributed by atoms with Crippen LogP contribution in [0.2, 0.25) is 0 Å². The number of benzene rings is 1. The van der Waals surface area contributed by atoms with E-state index in [-0.39, 0.29) is 16.6 Å². The van der Waals surface area contributed by atoms with Gasteiger partial charge in [-0.05, 0) is 38.5 Å². The second kappa shape index (κ2) is 5.67. The molecule has 0 saturated carbocycles. The van der Waals surface area contributed by atoms with Crippen LogP contribution in [0.5, 0.6) is 0 Å². The Kier molecular flexibility index (Phi) is 4.70. The van der Waals surface area contributed by atoms with Gasteiger partial charge >= 0.3 is 0 Å². The van der Waals surface area contributed by atoms with Crippen molar-refractivity contribution in [3.63, 3.8) is 0 Å². The van der Waals surface area contributed by atoms with E-state index in [1.807, 2.05) is 6.92 Å². The summed E-state index contributed by atoms with van der Waals surface area (Å²) in [6.45, 7) is 5.95. The Morgan fingerprint density at radius 2 is 2.00 bits per heavy atom. The minimum atomic E-state index is -3.62. The molecule has 1 aromatic rings. The highest BCUT2D eigenvalue weighted by Crippen LogP contribution is 2.22. The van der Waals surface area contributed by atoms with Crippen LogP contribution in [0.15, 0.2) is 23.1 Å². The predicted molar refractivity (Wildman–Crippen MR) is 70.1 cm³/mol. The molecule has 0 amide bonds. The van der Waals surface area contributed by atoms with E-state index in [0.29, 0.717) is 13.0 Å². The molecule has 1 aromatic carbocycles. The minimum absolute atomic E-state index is 0.0311. The van der Waals surface area contributed by atoms with Gasteiger partial charge < -0.3 is 5.73 Å². The molecule has 0 fully saturated rings. The van der Waals surface area contributed by atoms with Gasteiger partial charge in [0.15, 0.2) is 0 Å². The molecule has 0 aromatic heterocycles. The number of nitrogen functional groups attached to an aromatic ring is 1. The van der Waals surface area contributed by atoms with E-state index in [0.717, 1.165) is 12.1 Å². The van der Waals surface area contributed by atoms with E-state index >= 15 is 0 Å². The average Bonchev–Trinajstić information content (AvgIpc) is 2.28. The number of sulfonamides is 1. The molecule has 0 bridgehead atoms. The number of anilines is 1. The molecule has 1 rings (SSSR count). The van der Waals surface area contributed by atoms with E-state index < -0.39 is 15.8 Å². The number of nitrogens with zero attached hydrogens (tertiary/aromatic N) is 1. The van der Waals surface area contributed by atoms with Crippen molar-refractivity contribution in [3.8, 4) is 0 Å². The van der Waals surface area contributed by atoms with E-state index in [1.165, 1.54) is 10.4 Å². The monoisotopic (exact) mass is 274 g/mol. The van der Waals surface area contributed by atoms with E-state index in [2.05, 4.69) is 0 Å². The number of rotatable bonds is 5. The van der Waals surface area contributed by atoms with Crippen molar-refractivity contribution in [2.24, 2.45) is 0 Å². The molecule has 0 atom stereocenters. The highest BCUT2D eigenvalue weighted by Gasteiger charge is 2.26. The van der Waals surface area contributed by atoms with Gasteiger partial charge in [-0.3, -0.25) is 0 Å². The van der Waals surface area contributed by atoms with Crippen LogP contribution in [0.3, 0.4) is 0 Å². The number of halogens is 1. The van der Waals surface area contributed by atoms with E-state index in [1.54, 1.807) is 13.8 Å². The minimum Gasteiger partial charge on any atom is -0.396 e. The fraction of sp³-hybridized carbons (Fsp3) is 0.500. The lowest BCUT2D eigenvalue weighted by atomic mass is 10.3. The first-order valence-electron chi connectivity index (χ1n) is 5.87. The van der Waals surface area contributed by atoms with Crippen LogP contribution in [0, 0.1) is 5.82 Å². The topological polar surface area (TPSA) is 63.4 Å². The number of hydrogen-bond donors (Lipinski definition) is 1. The molecule has 0 unspecified atom stereocenters. The Morgan fingerprint density at radius 3 is 2.44 bits per heavy atom. The lowest BCUT2D eigenvalue weighted by Crippen LogP contribution is -2.37. The first-order chi connectivity index (χ1) is 8.30. The summed E-state index contributed by atoms with van der Waals surface area (Å²) in [4.78, 5) is 0.0311. The third-order valence-electron chi connectivity index (χ3n) is 2.59. The van der Waals surface area contributed by atoms with Gasteiger partial charge in [-0.15, -0.1) is 0 Å². The van der Waals surface area contributed by atoms with Gasteiger partial charge in [-0.2, -0.15) is 4.31 Å². The van der Waals surface area contributed by atoms with Crippen molar-refractivity contribution < 1.29 is 12.8 Å². The Morgan fingerprint density at radius 1 is 1.39 bits per heavy atom. The molecule has 18 heavy (non-hydrogen) atoms. The molecule has 0 aliphatic carbocycles. The van der Waals surface area contributed by atoms with Crippen LogP contribution in [0.1, 0.15) is 27.2 Å². The zero-order valence-corrected chi connectivity index (χ0v) is 11.7. The molecule has 4 nitrogen and oxygen atoms in total. The highest BCUT2D eigenvalue weighted by molar-refractivity contribution is 7.89. The Hall–Kier alpha value is -1.14. The second-order valence-corrected chi connectivity index (χ2v) is 6.28. The maximum Gasteiger partial charge on any atom is 0.243 e. The summed E-state index contributed by atoms with van der Waals surface area (Å²) >= 11 is 0. The molecule has 0 heterocycles. The Bertz CT molecular complexity index is 515. The standard InChI is InChI=1S/C12H19FN2O2S/c1-4-7-15(9(2)3)18(16,17)10-5-6-11(13)12(14)8-10/h5-6,8-9H,4,7,14H2,1-3H3. The molecule has 2 N–H and O–H groups in total. The molecule has 0 aliphatic rings.